The topological polar surface area (TPSA) is 128 Å². The van der Waals surface area contributed by atoms with Gasteiger partial charge in [-0.05, 0) is 36.2 Å². The van der Waals surface area contributed by atoms with Crippen LogP contribution in [0.1, 0.15) is 33.9 Å². The van der Waals surface area contributed by atoms with Crippen LogP contribution in [0.15, 0.2) is 78.9 Å². The second-order valence-electron chi connectivity index (χ2n) is 7.49. The maximum absolute atomic E-state index is 12.6. The van der Waals surface area contributed by atoms with E-state index in [1.165, 1.54) is 12.1 Å². The summed E-state index contributed by atoms with van der Waals surface area (Å²) in [7, 11) is 0. The maximum atomic E-state index is 12.6. The van der Waals surface area contributed by atoms with E-state index in [2.05, 4.69) is 10.6 Å². The molecule has 0 fully saturated rings. The number of amides is 2. The van der Waals surface area contributed by atoms with Crippen LogP contribution in [0.2, 0.25) is 0 Å². The predicted molar refractivity (Wildman–Crippen MR) is 125 cm³/mol. The molecule has 0 aliphatic heterocycles. The van der Waals surface area contributed by atoms with Crippen LogP contribution in [0.5, 0.6) is 0 Å². The molecule has 0 aliphatic carbocycles. The molecule has 174 valence electrons. The molecule has 1 unspecified atom stereocenters. The van der Waals surface area contributed by atoms with E-state index in [0.717, 1.165) is 0 Å². The van der Waals surface area contributed by atoms with Gasteiger partial charge >= 0.3 is 5.97 Å². The highest BCUT2D eigenvalue weighted by atomic mass is 16.6. The zero-order valence-electron chi connectivity index (χ0n) is 18.4. The molecule has 0 saturated heterocycles. The smallest absolute Gasteiger partial charge is 0.308 e. The summed E-state index contributed by atoms with van der Waals surface area (Å²) < 4.78 is 5.07. The number of carbonyl (C=O) groups is 3. The van der Waals surface area contributed by atoms with Crippen molar-refractivity contribution in [3.8, 4) is 0 Å². The number of nitrogens with zero attached hydrogens (tertiary/aromatic N) is 1. The normalized spacial score (nSPS) is 11.2. The van der Waals surface area contributed by atoms with Gasteiger partial charge in [0, 0.05) is 11.6 Å². The molecule has 0 radical (unpaired) electrons. The average Bonchev–Trinajstić information content (AvgIpc) is 2.84. The molecule has 9 heteroatoms. The van der Waals surface area contributed by atoms with Crippen molar-refractivity contribution in [1.29, 1.82) is 0 Å². The summed E-state index contributed by atoms with van der Waals surface area (Å²) in [6.45, 7) is 1.07. The standard InChI is InChI=1S/C25H23N3O6/c1-17-12-13-20(22(14-17)28(32)33)26-23(29)16-34-24(30)15-21(18-8-4-2-5-9-18)27-25(31)19-10-6-3-7-11-19/h2-14,21H,15-16H2,1H3,(H,26,29)(H,27,31). The number of nitro benzene ring substituents is 1. The van der Waals surface area contributed by atoms with Crippen LogP contribution in [-0.2, 0) is 14.3 Å². The van der Waals surface area contributed by atoms with Crippen molar-refractivity contribution < 1.29 is 24.0 Å². The molecule has 0 spiro atoms. The molecule has 0 bridgehead atoms. The molecule has 0 heterocycles. The third-order valence-corrected chi connectivity index (χ3v) is 4.90. The van der Waals surface area contributed by atoms with E-state index in [-0.39, 0.29) is 23.7 Å². The van der Waals surface area contributed by atoms with E-state index in [1.807, 2.05) is 6.07 Å². The van der Waals surface area contributed by atoms with Crippen LogP contribution in [0.25, 0.3) is 0 Å². The summed E-state index contributed by atoms with van der Waals surface area (Å²) in [5.74, 6) is -1.78. The Morgan fingerprint density at radius 2 is 1.62 bits per heavy atom. The lowest BCUT2D eigenvalue weighted by atomic mass is 10.0. The van der Waals surface area contributed by atoms with Crippen LogP contribution in [-0.4, -0.2) is 29.3 Å². The number of aryl methyl sites for hydroxylation is 1. The van der Waals surface area contributed by atoms with Gasteiger partial charge in [-0.25, -0.2) is 0 Å². The number of anilines is 1. The van der Waals surface area contributed by atoms with Crippen molar-refractivity contribution >= 4 is 29.2 Å². The summed E-state index contributed by atoms with van der Waals surface area (Å²) >= 11 is 0. The Hall–Kier alpha value is -4.53. The molecule has 9 nitrogen and oxygen atoms in total. The molecule has 3 aromatic carbocycles. The molecule has 0 aliphatic rings. The monoisotopic (exact) mass is 461 g/mol. The fourth-order valence-electron chi connectivity index (χ4n) is 3.23. The first-order chi connectivity index (χ1) is 16.3. The van der Waals surface area contributed by atoms with E-state index in [1.54, 1.807) is 67.6 Å². The van der Waals surface area contributed by atoms with Crippen LogP contribution < -0.4 is 10.6 Å². The Bertz CT molecular complexity index is 1180. The van der Waals surface area contributed by atoms with Gasteiger partial charge in [-0.1, -0.05) is 54.6 Å². The van der Waals surface area contributed by atoms with Gasteiger partial charge in [0.2, 0.25) is 0 Å². The van der Waals surface area contributed by atoms with E-state index >= 15 is 0 Å². The molecule has 3 rings (SSSR count). The summed E-state index contributed by atoms with van der Waals surface area (Å²) in [5, 5.41) is 16.4. The number of benzene rings is 3. The van der Waals surface area contributed by atoms with Crippen molar-refractivity contribution in [2.45, 2.75) is 19.4 Å². The van der Waals surface area contributed by atoms with Gasteiger partial charge in [-0.2, -0.15) is 0 Å². The third kappa shape index (κ3) is 6.73. The van der Waals surface area contributed by atoms with Crippen LogP contribution in [0.3, 0.4) is 0 Å². The van der Waals surface area contributed by atoms with E-state index in [0.29, 0.717) is 16.7 Å². The van der Waals surface area contributed by atoms with Crippen molar-refractivity contribution in [3.63, 3.8) is 0 Å². The van der Waals surface area contributed by atoms with Crippen LogP contribution in [0.4, 0.5) is 11.4 Å². The zero-order chi connectivity index (χ0) is 24.5. The molecular weight excluding hydrogens is 438 g/mol. The molecule has 0 aromatic heterocycles. The summed E-state index contributed by atoms with van der Waals surface area (Å²) in [6, 6.07) is 21.2. The third-order valence-electron chi connectivity index (χ3n) is 4.90. The first kappa shape index (κ1) is 24.1. The Kier molecular flexibility index (Phi) is 8.07. The van der Waals surface area contributed by atoms with E-state index in [9.17, 15) is 24.5 Å². The Balaban J connectivity index is 1.62. The zero-order valence-corrected chi connectivity index (χ0v) is 18.4. The van der Waals surface area contributed by atoms with E-state index < -0.39 is 29.4 Å². The Morgan fingerprint density at radius 3 is 2.26 bits per heavy atom. The molecular formula is C25H23N3O6. The second-order valence-corrected chi connectivity index (χ2v) is 7.49. The van der Waals surface area contributed by atoms with Crippen molar-refractivity contribution in [2.24, 2.45) is 0 Å². The van der Waals surface area contributed by atoms with Gasteiger partial charge in [0.1, 0.15) is 5.69 Å². The minimum atomic E-state index is -0.718. The lowest BCUT2D eigenvalue weighted by Gasteiger charge is -2.19. The highest BCUT2D eigenvalue weighted by Crippen LogP contribution is 2.25. The summed E-state index contributed by atoms with van der Waals surface area (Å²) in [6.07, 6.45) is -0.208. The molecule has 3 aromatic rings. The highest BCUT2D eigenvalue weighted by molar-refractivity contribution is 5.95. The molecule has 2 amide bonds. The number of nitro groups is 1. The number of hydrogen-bond donors (Lipinski definition) is 2. The Morgan fingerprint density at radius 1 is 0.971 bits per heavy atom. The number of nitrogens with one attached hydrogen (secondary N) is 2. The predicted octanol–water partition coefficient (Wildman–Crippen LogP) is 3.95. The van der Waals surface area contributed by atoms with Gasteiger partial charge in [-0.15, -0.1) is 0 Å². The summed E-state index contributed by atoms with van der Waals surface area (Å²) in [4.78, 5) is 47.9. The van der Waals surface area contributed by atoms with Crippen LogP contribution in [0, 0.1) is 17.0 Å². The Labute approximate surface area is 195 Å². The van der Waals surface area contributed by atoms with Crippen molar-refractivity contribution in [2.75, 3.05) is 11.9 Å². The van der Waals surface area contributed by atoms with Crippen molar-refractivity contribution in [3.05, 3.63) is 106 Å². The number of rotatable bonds is 9. The van der Waals surface area contributed by atoms with Gasteiger partial charge in [0.05, 0.1) is 17.4 Å². The highest BCUT2D eigenvalue weighted by Gasteiger charge is 2.21. The second kappa shape index (κ2) is 11.4. The van der Waals surface area contributed by atoms with Gasteiger partial charge in [0.15, 0.2) is 6.61 Å². The first-order valence-electron chi connectivity index (χ1n) is 10.4. The molecule has 34 heavy (non-hydrogen) atoms. The lowest BCUT2D eigenvalue weighted by Crippen LogP contribution is -2.31. The average molecular weight is 461 g/mol. The fourth-order valence-corrected chi connectivity index (χ4v) is 3.23. The first-order valence-corrected chi connectivity index (χ1v) is 10.4. The van der Waals surface area contributed by atoms with Gasteiger partial charge in [0.25, 0.3) is 17.5 Å². The minimum absolute atomic E-state index is 0.00827. The number of hydrogen-bond acceptors (Lipinski definition) is 6. The van der Waals surface area contributed by atoms with Crippen molar-refractivity contribution in [1.82, 2.24) is 5.32 Å². The fraction of sp³-hybridized carbons (Fsp3) is 0.160. The quantitative estimate of drug-likeness (QED) is 0.282. The van der Waals surface area contributed by atoms with Gasteiger partial charge < -0.3 is 15.4 Å². The SMILES string of the molecule is Cc1ccc(NC(=O)COC(=O)CC(NC(=O)c2ccccc2)c2ccccc2)c([N+](=O)[O-])c1. The molecule has 0 saturated carbocycles. The number of esters is 1. The number of ether oxygens (including phenoxy) is 1. The maximum Gasteiger partial charge on any atom is 0.308 e. The van der Waals surface area contributed by atoms with Gasteiger partial charge in [-0.3, -0.25) is 24.5 Å². The lowest BCUT2D eigenvalue weighted by molar-refractivity contribution is -0.384. The molecule has 2 N–H and O–H groups in total. The minimum Gasteiger partial charge on any atom is -0.455 e. The summed E-state index contributed by atoms with van der Waals surface area (Å²) in [5.41, 5.74) is 1.56. The van der Waals surface area contributed by atoms with Crippen LogP contribution >= 0.6 is 0 Å². The number of carbonyl (C=O) groups excluding carboxylic acids is 3. The van der Waals surface area contributed by atoms with E-state index in [4.69, 9.17) is 4.74 Å². The molecule has 1 atom stereocenters. The largest absolute Gasteiger partial charge is 0.455 e.